The maximum atomic E-state index is 12.2. The number of amides is 1. The zero-order valence-corrected chi connectivity index (χ0v) is 14.1. The highest BCUT2D eigenvalue weighted by atomic mass is 35.5. The molecule has 0 bridgehead atoms. The SMILES string of the molecule is O=C(O)C1CCC(C(=O)NCCc2c[nH]c3ccc(Cl)cc23)CC1. The fraction of sp³-hybridized carbons (Fsp3) is 0.444. The summed E-state index contributed by atoms with van der Waals surface area (Å²) in [6, 6.07) is 5.72. The van der Waals surface area contributed by atoms with Gasteiger partial charge in [-0.3, -0.25) is 9.59 Å². The molecule has 0 radical (unpaired) electrons. The van der Waals surface area contributed by atoms with Crippen LogP contribution in [0.5, 0.6) is 0 Å². The van der Waals surface area contributed by atoms with E-state index < -0.39 is 5.97 Å². The van der Waals surface area contributed by atoms with Gasteiger partial charge in [-0.05, 0) is 55.9 Å². The maximum absolute atomic E-state index is 12.2. The number of fused-ring (bicyclic) bond motifs is 1. The number of carboxylic acid groups (broad SMARTS) is 1. The zero-order chi connectivity index (χ0) is 17.1. The first-order valence-corrected chi connectivity index (χ1v) is 8.68. The van der Waals surface area contributed by atoms with Gasteiger partial charge >= 0.3 is 5.97 Å². The molecule has 5 nitrogen and oxygen atoms in total. The number of hydrogen-bond donors (Lipinski definition) is 3. The minimum absolute atomic E-state index is 0.0386. The standard InChI is InChI=1S/C18H21ClN2O3/c19-14-5-6-16-15(9-14)13(10-21-16)7-8-20-17(22)11-1-3-12(4-2-11)18(23)24/h5-6,9-12,21H,1-4,7-8H2,(H,20,22)(H,23,24). The molecule has 1 aromatic heterocycles. The molecular formula is C18H21ClN2O3. The number of rotatable bonds is 5. The summed E-state index contributed by atoms with van der Waals surface area (Å²) < 4.78 is 0. The van der Waals surface area contributed by atoms with E-state index in [2.05, 4.69) is 10.3 Å². The van der Waals surface area contributed by atoms with Crippen LogP contribution >= 0.6 is 11.6 Å². The van der Waals surface area contributed by atoms with Crippen LogP contribution in [0.15, 0.2) is 24.4 Å². The Hall–Kier alpha value is -2.01. The number of carbonyl (C=O) groups excluding carboxylic acids is 1. The smallest absolute Gasteiger partial charge is 0.306 e. The molecule has 1 aliphatic carbocycles. The molecule has 0 saturated heterocycles. The van der Waals surface area contributed by atoms with Gasteiger partial charge in [0.25, 0.3) is 0 Å². The summed E-state index contributed by atoms with van der Waals surface area (Å²) in [6.45, 7) is 0.567. The number of halogens is 1. The van der Waals surface area contributed by atoms with E-state index in [-0.39, 0.29) is 17.7 Å². The Morgan fingerprint density at radius 1 is 1.21 bits per heavy atom. The first-order chi connectivity index (χ1) is 11.5. The summed E-state index contributed by atoms with van der Waals surface area (Å²) in [5, 5.41) is 13.8. The summed E-state index contributed by atoms with van der Waals surface area (Å²) in [5.74, 6) is -1.05. The molecule has 1 fully saturated rings. The fourth-order valence-corrected chi connectivity index (χ4v) is 3.60. The first-order valence-electron chi connectivity index (χ1n) is 8.30. The Labute approximate surface area is 145 Å². The Morgan fingerprint density at radius 2 is 1.92 bits per heavy atom. The Balaban J connectivity index is 1.50. The molecule has 6 heteroatoms. The van der Waals surface area contributed by atoms with Gasteiger partial charge in [0.2, 0.25) is 5.91 Å². The average molecular weight is 349 g/mol. The van der Waals surface area contributed by atoms with Crippen molar-refractivity contribution in [2.45, 2.75) is 32.1 Å². The summed E-state index contributed by atoms with van der Waals surface area (Å²) in [4.78, 5) is 26.4. The molecule has 1 saturated carbocycles. The zero-order valence-electron chi connectivity index (χ0n) is 13.3. The van der Waals surface area contributed by atoms with Crippen molar-refractivity contribution < 1.29 is 14.7 Å². The van der Waals surface area contributed by atoms with Crippen molar-refractivity contribution in [3.05, 3.63) is 35.0 Å². The average Bonchev–Trinajstić information content (AvgIpc) is 2.97. The van der Waals surface area contributed by atoms with Gasteiger partial charge in [-0.2, -0.15) is 0 Å². The van der Waals surface area contributed by atoms with Crippen LogP contribution in [0.2, 0.25) is 5.02 Å². The number of hydrogen-bond acceptors (Lipinski definition) is 2. The molecule has 128 valence electrons. The van der Waals surface area contributed by atoms with Crippen molar-refractivity contribution >= 4 is 34.4 Å². The second kappa shape index (κ2) is 7.26. The van der Waals surface area contributed by atoms with Crippen LogP contribution in [0.3, 0.4) is 0 Å². The van der Waals surface area contributed by atoms with Gasteiger partial charge in [0, 0.05) is 34.6 Å². The number of benzene rings is 1. The highest BCUT2D eigenvalue weighted by Crippen LogP contribution is 2.29. The molecule has 1 aliphatic rings. The lowest BCUT2D eigenvalue weighted by Gasteiger charge is -2.25. The minimum Gasteiger partial charge on any atom is -0.481 e. The van der Waals surface area contributed by atoms with E-state index in [9.17, 15) is 9.59 Å². The number of nitrogens with one attached hydrogen (secondary N) is 2. The van der Waals surface area contributed by atoms with Gasteiger partial charge in [0.15, 0.2) is 0 Å². The fourth-order valence-electron chi connectivity index (χ4n) is 3.42. The van der Waals surface area contributed by atoms with Crippen molar-refractivity contribution in [2.24, 2.45) is 11.8 Å². The number of carboxylic acids is 1. The number of aliphatic carboxylic acids is 1. The van der Waals surface area contributed by atoms with Crippen molar-refractivity contribution in [3.8, 4) is 0 Å². The predicted octanol–water partition coefficient (Wildman–Crippen LogP) is 3.37. The van der Waals surface area contributed by atoms with Gasteiger partial charge in [-0.1, -0.05) is 11.6 Å². The van der Waals surface area contributed by atoms with Gasteiger partial charge in [-0.15, -0.1) is 0 Å². The Kier molecular flexibility index (Phi) is 5.09. The quantitative estimate of drug-likeness (QED) is 0.774. The summed E-state index contributed by atoms with van der Waals surface area (Å²) in [7, 11) is 0. The molecule has 0 unspecified atom stereocenters. The molecule has 2 aromatic rings. The minimum atomic E-state index is -0.744. The monoisotopic (exact) mass is 348 g/mol. The van der Waals surface area contributed by atoms with Gasteiger partial charge in [0.1, 0.15) is 0 Å². The van der Waals surface area contributed by atoms with E-state index in [1.807, 2.05) is 24.4 Å². The van der Waals surface area contributed by atoms with Crippen LogP contribution in [0.4, 0.5) is 0 Å². The molecule has 24 heavy (non-hydrogen) atoms. The highest BCUT2D eigenvalue weighted by Gasteiger charge is 2.29. The van der Waals surface area contributed by atoms with Crippen LogP contribution in [-0.4, -0.2) is 28.5 Å². The summed E-state index contributed by atoms with van der Waals surface area (Å²) in [6.07, 6.45) is 5.18. The van der Waals surface area contributed by atoms with Gasteiger partial charge < -0.3 is 15.4 Å². The molecule has 3 N–H and O–H groups in total. The van der Waals surface area contributed by atoms with Crippen molar-refractivity contribution in [3.63, 3.8) is 0 Å². The molecule has 1 amide bonds. The van der Waals surface area contributed by atoms with E-state index in [0.29, 0.717) is 37.3 Å². The van der Waals surface area contributed by atoms with Crippen LogP contribution in [-0.2, 0) is 16.0 Å². The molecule has 0 aliphatic heterocycles. The highest BCUT2D eigenvalue weighted by molar-refractivity contribution is 6.31. The first kappa shape index (κ1) is 16.8. The predicted molar refractivity (Wildman–Crippen MR) is 93.1 cm³/mol. The third-order valence-corrected chi connectivity index (χ3v) is 5.11. The lowest BCUT2D eigenvalue weighted by Crippen LogP contribution is -2.35. The maximum Gasteiger partial charge on any atom is 0.306 e. The second-order valence-corrected chi connectivity index (χ2v) is 6.87. The number of H-pyrrole nitrogens is 1. The van der Waals surface area contributed by atoms with Crippen molar-refractivity contribution in [1.82, 2.24) is 10.3 Å². The normalized spacial score (nSPS) is 20.9. The van der Waals surface area contributed by atoms with E-state index in [1.165, 1.54) is 0 Å². The van der Waals surface area contributed by atoms with Crippen molar-refractivity contribution in [1.29, 1.82) is 0 Å². The Bertz CT molecular complexity index is 748. The molecule has 1 heterocycles. The largest absolute Gasteiger partial charge is 0.481 e. The molecule has 1 aromatic carbocycles. The number of carbonyl (C=O) groups is 2. The van der Waals surface area contributed by atoms with Crippen molar-refractivity contribution in [2.75, 3.05) is 6.54 Å². The summed E-state index contributed by atoms with van der Waals surface area (Å²) in [5.41, 5.74) is 2.16. The van der Waals surface area contributed by atoms with Crippen LogP contribution < -0.4 is 5.32 Å². The molecule has 0 atom stereocenters. The lowest BCUT2D eigenvalue weighted by atomic mass is 9.81. The Morgan fingerprint density at radius 3 is 2.62 bits per heavy atom. The number of aromatic amines is 1. The van der Waals surface area contributed by atoms with Crippen LogP contribution in [0.25, 0.3) is 10.9 Å². The van der Waals surface area contributed by atoms with Gasteiger partial charge in [-0.25, -0.2) is 0 Å². The third-order valence-electron chi connectivity index (χ3n) is 4.87. The van der Waals surface area contributed by atoms with Crippen LogP contribution in [0, 0.1) is 11.8 Å². The van der Waals surface area contributed by atoms with Crippen LogP contribution in [0.1, 0.15) is 31.2 Å². The lowest BCUT2D eigenvalue weighted by molar-refractivity contribution is -0.144. The van der Waals surface area contributed by atoms with E-state index in [1.54, 1.807) is 0 Å². The topological polar surface area (TPSA) is 82.2 Å². The number of aromatic nitrogens is 1. The summed E-state index contributed by atoms with van der Waals surface area (Å²) >= 11 is 6.04. The second-order valence-electron chi connectivity index (χ2n) is 6.43. The van der Waals surface area contributed by atoms with E-state index in [4.69, 9.17) is 16.7 Å². The molecule has 3 rings (SSSR count). The van der Waals surface area contributed by atoms with E-state index in [0.717, 1.165) is 22.9 Å². The molecular weight excluding hydrogens is 328 g/mol. The van der Waals surface area contributed by atoms with E-state index >= 15 is 0 Å². The van der Waals surface area contributed by atoms with Gasteiger partial charge in [0.05, 0.1) is 5.92 Å². The molecule has 0 spiro atoms. The third kappa shape index (κ3) is 3.73.